The van der Waals surface area contributed by atoms with Crippen molar-refractivity contribution in [3.05, 3.63) is 29.3 Å². The second-order valence-corrected chi connectivity index (χ2v) is 4.06. The van der Waals surface area contributed by atoms with Crippen LogP contribution in [-0.4, -0.2) is 6.61 Å². The number of hydrogen-bond donors (Lipinski definition) is 0. The van der Waals surface area contributed by atoms with Gasteiger partial charge in [-0.3, -0.25) is 0 Å². The van der Waals surface area contributed by atoms with Crippen LogP contribution in [0.1, 0.15) is 39.0 Å². The number of unbranched alkanes of at least 4 members (excludes halogenated alkanes) is 4. The summed E-state index contributed by atoms with van der Waals surface area (Å²) < 4.78 is 56.8. The monoisotopic (exact) mass is 264 g/mol. The van der Waals surface area contributed by atoms with Crippen LogP contribution in [0.5, 0.6) is 5.75 Å². The summed E-state index contributed by atoms with van der Waals surface area (Å²) in [4.78, 5) is 0. The summed E-state index contributed by atoms with van der Waals surface area (Å²) in [5.74, 6) is -6.84. The van der Waals surface area contributed by atoms with E-state index in [1.54, 1.807) is 0 Å². The predicted octanol–water partition coefficient (Wildman–Crippen LogP) is 4.59. The van der Waals surface area contributed by atoms with E-state index in [1.165, 1.54) is 0 Å². The molecule has 0 heterocycles. The molecule has 0 aliphatic carbocycles. The topological polar surface area (TPSA) is 9.23 Å². The molecule has 1 nitrogen and oxygen atoms in total. The molecule has 0 amide bonds. The van der Waals surface area contributed by atoms with Gasteiger partial charge in [-0.15, -0.1) is 0 Å². The molecule has 0 fully saturated rings. The molecule has 0 radical (unpaired) electrons. The maximum Gasteiger partial charge on any atom is 0.203 e. The lowest BCUT2D eigenvalue weighted by Gasteiger charge is -2.09. The molecule has 1 rings (SSSR count). The third-order valence-electron chi connectivity index (χ3n) is 2.57. The number of ether oxygens (including phenoxy) is 1. The Morgan fingerprint density at radius 2 is 1.44 bits per heavy atom. The van der Waals surface area contributed by atoms with Crippen LogP contribution in [0.2, 0.25) is 0 Å². The highest BCUT2D eigenvalue weighted by molar-refractivity contribution is 5.28. The molecule has 5 heteroatoms. The first-order valence-corrected chi connectivity index (χ1v) is 6.03. The standard InChI is InChI=1S/C13H16F4O/c1-2-3-4-5-6-7-18-13-11(16)9(14)8-10(15)12(13)17/h8H,2-7H2,1H3. The quantitative estimate of drug-likeness (QED) is 0.397. The van der Waals surface area contributed by atoms with Gasteiger partial charge in [0.25, 0.3) is 0 Å². The van der Waals surface area contributed by atoms with Crippen molar-refractivity contribution >= 4 is 0 Å². The summed E-state index contributed by atoms with van der Waals surface area (Å²) in [7, 11) is 0. The molecule has 0 N–H and O–H groups in total. The molecule has 0 bridgehead atoms. The fourth-order valence-corrected chi connectivity index (χ4v) is 1.56. The Bertz CT molecular complexity index is 367. The molecule has 0 aliphatic heterocycles. The second-order valence-electron chi connectivity index (χ2n) is 4.06. The van der Waals surface area contributed by atoms with E-state index in [4.69, 9.17) is 4.74 Å². The third kappa shape index (κ3) is 3.89. The summed E-state index contributed by atoms with van der Waals surface area (Å²) in [6.45, 7) is 2.11. The Balaban J connectivity index is 2.52. The lowest BCUT2D eigenvalue weighted by Crippen LogP contribution is -2.05. The number of halogens is 4. The Labute approximate surface area is 104 Å². The molecule has 0 unspecified atom stereocenters. The van der Waals surface area contributed by atoms with Crippen molar-refractivity contribution < 1.29 is 22.3 Å². The van der Waals surface area contributed by atoms with Crippen molar-refractivity contribution in [1.29, 1.82) is 0 Å². The third-order valence-corrected chi connectivity index (χ3v) is 2.57. The smallest absolute Gasteiger partial charge is 0.203 e. The zero-order valence-electron chi connectivity index (χ0n) is 10.2. The van der Waals surface area contributed by atoms with Crippen LogP contribution in [-0.2, 0) is 0 Å². The number of benzene rings is 1. The summed E-state index contributed by atoms with van der Waals surface area (Å²) in [6.07, 6.45) is 4.62. The minimum Gasteiger partial charge on any atom is -0.487 e. The molecule has 102 valence electrons. The van der Waals surface area contributed by atoms with Gasteiger partial charge in [-0.25, -0.2) is 8.78 Å². The van der Waals surface area contributed by atoms with Gasteiger partial charge in [0.2, 0.25) is 11.6 Å². The molecule has 0 aromatic heterocycles. The van der Waals surface area contributed by atoms with Crippen LogP contribution in [0.15, 0.2) is 6.07 Å². The van der Waals surface area contributed by atoms with Crippen molar-refractivity contribution in [3.8, 4) is 5.75 Å². The molecule has 18 heavy (non-hydrogen) atoms. The largest absolute Gasteiger partial charge is 0.487 e. The van der Waals surface area contributed by atoms with Gasteiger partial charge in [0.1, 0.15) is 0 Å². The second kappa shape index (κ2) is 7.24. The first-order valence-electron chi connectivity index (χ1n) is 6.03. The average Bonchev–Trinajstić information content (AvgIpc) is 2.35. The molecule has 0 saturated carbocycles. The maximum atomic E-state index is 13.2. The van der Waals surface area contributed by atoms with Gasteiger partial charge < -0.3 is 4.74 Å². The molecular formula is C13H16F4O. The molecule has 0 spiro atoms. The van der Waals surface area contributed by atoms with Crippen molar-refractivity contribution in [2.45, 2.75) is 39.0 Å². The van der Waals surface area contributed by atoms with Crippen molar-refractivity contribution in [3.63, 3.8) is 0 Å². The number of hydrogen-bond acceptors (Lipinski definition) is 1. The fraction of sp³-hybridized carbons (Fsp3) is 0.538. The van der Waals surface area contributed by atoms with Gasteiger partial charge >= 0.3 is 0 Å². The first-order chi connectivity index (χ1) is 8.57. The SMILES string of the molecule is CCCCCCCOc1c(F)c(F)cc(F)c1F. The molecule has 1 aromatic rings. The first kappa shape index (κ1) is 14.8. The highest BCUT2D eigenvalue weighted by Gasteiger charge is 2.20. The van der Waals surface area contributed by atoms with Crippen molar-refractivity contribution in [1.82, 2.24) is 0 Å². The van der Waals surface area contributed by atoms with Crippen LogP contribution in [0.3, 0.4) is 0 Å². The highest BCUT2D eigenvalue weighted by Crippen LogP contribution is 2.26. The van der Waals surface area contributed by atoms with E-state index in [0.717, 1.165) is 25.7 Å². The average molecular weight is 264 g/mol. The highest BCUT2D eigenvalue weighted by atomic mass is 19.2. The van der Waals surface area contributed by atoms with Gasteiger partial charge in [0.15, 0.2) is 17.4 Å². The number of rotatable bonds is 7. The van der Waals surface area contributed by atoms with Gasteiger partial charge in [-0.05, 0) is 6.42 Å². The van der Waals surface area contributed by atoms with E-state index in [-0.39, 0.29) is 12.7 Å². The zero-order valence-corrected chi connectivity index (χ0v) is 10.2. The minimum absolute atomic E-state index is 0.0421. The molecule has 1 aromatic carbocycles. The van der Waals surface area contributed by atoms with Crippen LogP contribution in [0, 0.1) is 23.3 Å². The van der Waals surface area contributed by atoms with Gasteiger partial charge in [-0.1, -0.05) is 32.6 Å². The van der Waals surface area contributed by atoms with Gasteiger partial charge in [0.05, 0.1) is 6.61 Å². The van der Waals surface area contributed by atoms with Crippen LogP contribution in [0.25, 0.3) is 0 Å². The Morgan fingerprint density at radius 3 is 2.00 bits per heavy atom. The summed E-state index contributed by atoms with van der Waals surface area (Å²) >= 11 is 0. The summed E-state index contributed by atoms with van der Waals surface area (Å²) in [5.41, 5.74) is 0. The Morgan fingerprint density at radius 1 is 0.889 bits per heavy atom. The summed E-state index contributed by atoms with van der Waals surface area (Å²) in [5, 5.41) is 0. The normalized spacial score (nSPS) is 10.7. The Hall–Kier alpha value is -1.26. The van der Waals surface area contributed by atoms with E-state index in [1.807, 2.05) is 0 Å². The van der Waals surface area contributed by atoms with E-state index >= 15 is 0 Å². The fourth-order valence-electron chi connectivity index (χ4n) is 1.56. The van der Waals surface area contributed by atoms with E-state index in [2.05, 4.69) is 6.92 Å². The van der Waals surface area contributed by atoms with E-state index in [0.29, 0.717) is 6.42 Å². The minimum atomic E-state index is -1.48. The van der Waals surface area contributed by atoms with Crippen molar-refractivity contribution in [2.24, 2.45) is 0 Å². The maximum absolute atomic E-state index is 13.2. The van der Waals surface area contributed by atoms with Gasteiger partial charge in [-0.2, -0.15) is 8.78 Å². The lowest BCUT2D eigenvalue weighted by atomic mass is 10.2. The molecule has 0 atom stereocenters. The van der Waals surface area contributed by atoms with Crippen LogP contribution < -0.4 is 4.74 Å². The van der Waals surface area contributed by atoms with Crippen LogP contribution >= 0.6 is 0 Å². The molecule has 0 aliphatic rings. The van der Waals surface area contributed by atoms with Crippen LogP contribution in [0.4, 0.5) is 17.6 Å². The Kier molecular flexibility index (Phi) is 5.95. The van der Waals surface area contributed by atoms with Gasteiger partial charge in [0, 0.05) is 6.07 Å². The summed E-state index contributed by atoms with van der Waals surface area (Å²) in [6, 6.07) is 0.165. The van der Waals surface area contributed by atoms with E-state index < -0.39 is 29.0 Å². The lowest BCUT2D eigenvalue weighted by molar-refractivity contribution is 0.263. The predicted molar refractivity (Wildman–Crippen MR) is 60.5 cm³/mol. The zero-order chi connectivity index (χ0) is 13.5. The molecular weight excluding hydrogens is 248 g/mol. The van der Waals surface area contributed by atoms with Crippen molar-refractivity contribution in [2.75, 3.05) is 6.61 Å². The molecule has 0 saturated heterocycles. The van der Waals surface area contributed by atoms with E-state index in [9.17, 15) is 17.6 Å².